The molecule has 4 heteroatoms. The number of hydrogen-bond donors (Lipinski definition) is 2. The summed E-state index contributed by atoms with van der Waals surface area (Å²) >= 11 is 0. The van der Waals surface area contributed by atoms with E-state index in [9.17, 15) is 0 Å². The predicted molar refractivity (Wildman–Crippen MR) is 84.1 cm³/mol. The summed E-state index contributed by atoms with van der Waals surface area (Å²) in [6, 6.07) is 12.3. The molecule has 0 saturated carbocycles. The van der Waals surface area contributed by atoms with E-state index in [4.69, 9.17) is 0 Å². The maximum absolute atomic E-state index is 4.44. The third-order valence-electron chi connectivity index (χ3n) is 3.03. The number of rotatable bonds is 8. The Labute approximate surface area is 120 Å². The van der Waals surface area contributed by atoms with Crippen LogP contribution >= 0.6 is 0 Å². The Balaban J connectivity index is 1.79. The first kappa shape index (κ1) is 14.3. The van der Waals surface area contributed by atoms with Gasteiger partial charge in [-0.3, -0.25) is 0 Å². The van der Waals surface area contributed by atoms with Gasteiger partial charge in [0.2, 0.25) is 5.95 Å². The number of hydrogen-bond acceptors (Lipinski definition) is 4. The van der Waals surface area contributed by atoms with Crippen LogP contribution in [0, 0.1) is 0 Å². The molecule has 1 aromatic carbocycles. The lowest BCUT2D eigenvalue weighted by molar-refractivity contribution is 0.826. The second-order valence-corrected chi connectivity index (χ2v) is 4.71. The standard InChI is InChI=1S/C16H22N4/c1-2-3-11-18-16-19-13-10-15(20-16)17-12-9-14-7-5-4-6-8-14/h4-8,10,13H,2-3,9,11-12H2,1H3,(H2,17,18,19,20). The van der Waals surface area contributed by atoms with Crippen LogP contribution in [0.2, 0.25) is 0 Å². The van der Waals surface area contributed by atoms with E-state index in [0.717, 1.165) is 31.7 Å². The topological polar surface area (TPSA) is 49.8 Å². The summed E-state index contributed by atoms with van der Waals surface area (Å²) in [5.41, 5.74) is 1.33. The zero-order valence-electron chi connectivity index (χ0n) is 12.0. The summed E-state index contributed by atoms with van der Waals surface area (Å²) in [4.78, 5) is 8.66. The maximum Gasteiger partial charge on any atom is 0.224 e. The van der Waals surface area contributed by atoms with Gasteiger partial charge in [0.15, 0.2) is 0 Å². The summed E-state index contributed by atoms with van der Waals surface area (Å²) in [5, 5.41) is 6.56. The highest BCUT2D eigenvalue weighted by Crippen LogP contribution is 2.07. The van der Waals surface area contributed by atoms with E-state index >= 15 is 0 Å². The molecule has 0 aliphatic carbocycles. The van der Waals surface area contributed by atoms with Gasteiger partial charge in [-0.15, -0.1) is 0 Å². The van der Waals surface area contributed by atoms with Gasteiger partial charge in [0.05, 0.1) is 0 Å². The van der Waals surface area contributed by atoms with Gasteiger partial charge in [0, 0.05) is 19.3 Å². The molecule has 20 heavy (non-hydrogen) atoms. The number of unbranched alkanes of at least 4 members (excludes halogenated alkanes) is 1. The molecule has 0 spiro atoms. The number of nitrogens with zero attached hydrogens (tertiary/aromatic N) is 2. The van der Waals surface area contributed by atoms with E-state index in [-0.39, 0.29) is 0 Å². The summed E-state index contributed by atoms with van der Waals surface area (Å²) in [7, 11) is 0. The lowest BCUT2D eigenvalue weighted by atomic mass is 10.1. The molecule has 4 nitrogen and oxygen atoms in total. The van der Waals surface area contributed by atoms with Crippen molar-refractivity contribution in [2.45, 2.75) is 26.2 Å². The molecular formula is C16H22N4. The molecule has 2 aromatic rings. The monoisotopic (exact) mass is 270 g/mol. The number of benzene rings is 1. The Morgan fingerprint density at radius 2 is 1.85 bits per heavy atom. The second kappa shape index (κ2) is 8.15. The van der Waals surface area contributed by atoms with Crippen LogP contribution in [0.15, 0.2) is 42.6 Å². The van der Waals surface area contributed by atoms with Crippen LogP contribution in [0.1, 0.15) is 25.3 Å². The summed E-state index contributed by atoms with van der Waals surface area (Å²) in [5.74, 6) is 1.57. The lowest BCUT2D eigenvalue weighted by Crippen LogP contribution is -2.09. The van der Waals surface area contributed by atoms with Crippen molar-refractivity contribution < 1.29 is 0 Å². The van der Waals surface area contributed by atoms with E-state index in [1.165, 1.54) is 12.0 Å². The fourth-order valence-corrected chi connectivity index (χ4v) is 1.90. The summed E-state index contributed by atoms with van der Waals surface area (Å²) < 4.78 is 0. The highest BCUT2D eigenvalue weighted by molar-refractivity contribution is 5.39. The smallest absolute Gasteiger partial charge is 0.224 e. The Kier molecular flexibility index (Phi) is 5.83. The van der Waals surface area contributed by atoms with Crippen molar-refractivity contribution in [3.63, 3.8) is 0 Å². The maximum atomic E-state index is 4.44. The van der Waals surface area contributed by atoms with Gasteiger partial charge in [-0.25, -0.2) is 4.98 Å². The third-order valence-corrected chi connectivity index (χ3v) is 3.03. The molecule has 1 heterocycles. The van der Waals surface area contributed by atoms with Crippen molar-refractivity contribution in [1.29, 1.82) is 0 Å². The van der Waals surface area contributed by atoms with Crippen LogP contribution in [0.5, 0.6) is 0 Å². The van der Waals surface area contributed by atoms with E-state index < -0.39 is 0 Å². The molecule has 0 saturated heterocycles. The van der Waals surface area contributed by atoms with Crippen LogP contribution in [-0.2, 0) is 6.42 Å². The van der Waals surface area contributed by atoms with Crippen LogP contribution in [0.25, 0.3) is 0 Å². The largest absolute Gasteiger partial charge is 0.370 e. The van der Waals surface area contributed by atoms with Crippen molar-refractivity contribution in [1.82, 2.24) is 9.97 Å². The minimum absolute atomic E-state index is 0.697. The fraction of sp³-hybridized carbons (Fsp3) is 0.375. The summed E-state index contributed by atoms with van der Waals surface area (Å²) in [6.07, 6.45) is 5.08. The van der Waals surface area contributed by atoms with Crippen molar-refractivity contribution in [3.8, 4) is 0 Å². The molecule has 2 N–H and O–H groups in total. The molecule has 0 fully saturated rings. The average Bonchev–Trinajstić information content (AvgIpc) is 2.49. The van der Waals surface area contributed by atoms with E-state index in [2.05, 4.69) is 51.8 Å². The molecule has 0 aliphatic rings. The number of anilines is 2. The molecule has 0 bridgehead atoms. The molecule has 0 aliphatic heterocycles. The van der Waals surface area contributed by atoms with Gasteiger partial charge in [0.1, 0.15) is 5.82 Å². The van der Waals surface area contributed by atoms with Gasteiger partial charge < -0.3 is 10.6 Å². The van der Waals surface area contributed by atoms with Gasteiger partial charge in [-0.1, -0.05) is 43.7 Å². The van der Waals surface area contributed by atoms with Gasteiger partial charge in [0.25, 0.3) is 0 Å². The molecule has 0 amide bonds. The molecule has 106 valence electrons. The van der Waals surface area contributed by atoms with Crippen LogP contribution < -0.4 is 10.6 Å². The minimum atomic E-state index is 0.697. The van der Waals surface area contributed by atoms with Crippen molar-refractivity contribution >= 4 is 11.8 Å². The Morgan fingerprint density at radius 1 is 1.00 bits per heavy atom. The molecule has 0 atom stereocenters. The van der Waals surface area contributed by atoms with Crippen LogP contribution in [0.4, 0.5) is 11.8 Å². The predicted octanol–water partition coefficient (Wildman–Crippen LogP) is 3.34. The van der Waals surface area contributed by atoms with E-state index in [1.807, 2.05) is 12.1 Å². The van der Waals surface area contributed by atoms with Crippen molar-refractivity contribution in [2.75, 3.05) is 23.7 Å². The molecule has 1 aromatic heterocycles. The molecule has 2 rings (SSSR count). The Bertz CT molecular complexity index is 499. The highest BCUT2D eigenvalue weighted by atomic mass is 15.1. The normalized spacial score (nSPS) is 10.2. The van der Waals surface area contributed by atoms with Crippen molar-refractivity contribution in [2.24, 2.45) is 0 Å². The Hall–Kier alpha value is -2.10. The quantitative estimate of drug-likeness (QED) is 0.722. The van der Waals surface area contributed by atoms with Gasteiger partial charge in [-0.2, -0.15) is 4.98 Å². The first-order valence-electron chi connectivity index (χ1n) is 7.23. The summed E-state index contributed by atoms with van der Waals surface area (Å²) in [6.45, 7) is 3.96. The molecular weight excluding hydrogens is 248 g/mol. The lowest BCUT2D eigenvalue weighted by Gasteiger charge is -2.08. The highest BCUT2D eigenvalue weighted by Gasteiger charge is 1.98. The zero-order valence-corrected chi connectivity index (χ0v) is 12.0. The fourth-order valence-electron chi connectivity index (χ4n) is 1.90. The minimum Gasteiger partial charge on any atom is -0.370 e. The second-order valence-electron chi connectivity index (χ2n) is 4.71. The van der Waals surface area contributed by atoms with Gasteiger partial charge >= 0.3 is 0 Å². The van der Waals surface area contributed by atoms with Crippen LogP contribution in [-0.4, -0.2) is 23.1 Å². The first-order valence-corrected chi connectivity index (χ1v) is 7.23. The SMILES string of the molecule is CCCCNc1nccc(NCCc2ccccc2)n1. The third kappa shape index (κ3) is 4.88. The van der Waals surface area contributed by atoms with Gasteiger partial charge in [-0.05, 0) is 24.5 Å². The molecule has 0 radical (unpaired) electrons. The number of aromatic nitrogens is 2. The molecule has 0 unspecified atom stereocenters. The van der Waals surface area contributed by atoms with Crippen molar-refractivity contribution in [3.05, 3.63) is 48.2 Å². The van der Waals surface area contributed by atoms with E-state index in [1.54, 1.807) is 6.20 Å². The zero-order chi connectivity index (χ0) is 14.0. The average molecular weight is 270 g/mol. The van der Waals surface area contributed by atoms with E-state index in [0.29, 0.717) is 5.95 Å². The first-order chi connectivity index (χ1) is 9.88. The van der Waals surface area contributed by atoms with Crippen LogP contribution in [0.3, 0.4) is 0 Å². The Morgan fingerprint density at radius 3 is 2.65 bits per heavy atom. The number of nitrogens with one attached hydrogen (secondary N) is 2.